The highest BCUT2D eigenvalue weighted by Crippen LogP contribution is 2.27. The van der Waals surface area contributed by atoms with E-state index in [0.29, 0.717) is 31.1 Å². The fourth-order valence-corrected chi connectivity index (χ4v) is 3.84. The minimum absolute atomic E-state index is 0.00126. The molecule has 1 fully saturated rings. The summed E-state index contributed by atoms with van der Waals surface area (Å²) < 4.78 is 5.13. The van der Waals surface area contributed by atoms with Crippen molar-refractivity contribution in [1.29, 1.82) is 0 Å². The maximum atomic E-state index is 12.7. The molecule has 2 aromatic heterocycles. The minimum Gasteiger partial charge on any atom is -0.448 e. The molecule has 0 atom stereocenters. The Hall–Kier alpha value is -3.22. The Kier molecular flexibility index (Phi) is 5.29. The molecule has 1 saturated heterocycles. The zero-order valence-corrected chi connectivity index (χ0v) is 16.6. The van der Waals surface area contributed by atoms with Gasteiger partial charge in [-0.05, 0) is 49.4 Å². The van der Waals surface area contributed by atoms with Gasteiger partial charge in [-0.1, -0.05) is 6.07 Å². The topological polar surface area (TPSA) is 88.3 Å². The second-order valence-electron chi connectivity index (χ2n) is 7.57. The van der Waals surface area contributed by atoms with Gasteiger partial charge in [0.1, 0.15) is 6.26 Å². The molecule has 3 heterocycles. The molecule has 1 aromatic carbocycles. The summed E-state index contributed by atoms with van der Waals surface area (Å²) in [6.07, 6.45) is 5.19. The van der Waals surface area contributed by atoms with Crippen LogP contribution in [0.25, 0.3) is 10.9 Å². The van der Waals surface area contributed by atoms with Crippen LogP contribution in [-0.4, -0.2) is 39.8 Å². The third kappa shape index (κ3) is 4.13. The Morgan fingerprint density at radius 1 is 1.21 bits per heavy atom. The molecule has 7 nitrogen and oxygen atoms in total. The minimum atomic E-state index is -0.108. The molecule has 0 aliphatic carbocycles. The third-order valence-electron chi connectivity index (χ3n) is 5.47. The van der Waals surface area contributed by atoms with E-state index in [1.165, 1.54) is 6.26 Å². The summed E-state index contributed by atoms with van der Waals surface area (Å²) in [5.74, 6) is 0.635. The third-order valence-corrected chi connectivity index (χ3v) is 5.47. The number of oxazole rings is 1. The average molecular weight is 392 g/mol. The molecule has 150 valence electrons. The smallest absolute Gasteiger partial charge is 0.275 e. The van der Waals surface area contributed by atoms with Crippen molar-refractivity contribution in [3.05, 3.63) is 53.9 Å². The van der Waals surface area contributed by atoms with E-state index in [2.05, 4.69) is 15.3 Å². The number of nitrogens with zero attached hydrogens (tertiary/aromatic N) is 3. The molecule has 2 amide bonds. The Morgan fingerprint density at radius 3 is 2.72 bits per heavy atom. The fourth-order valence-electron chi connectivity index (χ4n) is 3.84. The summed E-state index contributed by atoms with van der Waals surface area (Å²) in [5.41, 5.74) is 3.05. The average Bonchev–Trinajstić information content (AvgIpc) is 3.16. The zero-order chi connectivity index (χ0) is 20.4. The van der Waals surface area contributed by atoms with Crippen molar-refractivity contribution in [3.63, 3.8) is 0 Å². The molecule has 0 unspecified atom stereocenters. The number of nitrogens with one attached hydrogen (secondary N) is 1. The predicted molar refractivity (Wildman–Crippen MR) is 110 cm³/mol. The summed E-state index contributed by atoms with van der Waals surface area (Å²) in [6, 6.07) is 7.78. The highest BCUT2D eigenvalue weighted by Gasteiger charge is 2.26. The first-order chi connectivity index (χ1) is 14.0. The quantitative estimate of drug-likeness (QED) is 0.731. The maximum Gasteiger partial charge on any atom is 0.275 e. The van der Waals surface area contributed by atoms with Crippen molar-refractivity contribution in [2.45, 2.75) is 33.1 Å². The number of aromatic nitrogens is 2. The largest absolute Gasteiger partial charge is 0.448 e. The normalized spacial score (nSPS) is 14.9. The lowest BCUT2D eigenvalue weighted by molar-refractivity contribution is -0.117. The summed E-state index contributed by atoms with van der Waals surface area (Å²) in [5, 5.41) is 4.03. The molecule has 4 rings (SSSR count). The van der Waals surface area contributed by atoms with Crippen LogP contribution in [0.1, 0.15) is 41.2 Å². The van der Waals surface area contributed by atoms with Gasteiger partial charge < -0.3 is 14.6 Å². The number of carbonyl (C=O) groups excluding carboxylic acids is 2. The van der Waals surface area contributed by atoms with E-state index in [0.717, 1.165) is 35.0 Å². The van der Waals surface area contributed by atoms with E-state index >= 15 is 0 Å². The lowest BCUT2D eigenvalue weighted by Gasteiger charge is -2.31. The van der Waals surface area contributed by atoms with Gasteiger partial charge in [0.15, 0.2) is 11.6 Å². The Morgan fingerprint density at radius 2 is 2.00 bits per heavy atom. The van der Waals surface area contributed by atoms with Gasteiger partial charge in [-0.15, -0.1) is 0 Å². The van der Waals surface area contributed by atoms with Crippen molar-refractivity contribution in [2.24, 2.45) is 5.92 Å². The van der Waals surface area contributed by atoms with E-state index in [4.69, 9.17) is 4.42 Å². The van der Waals surface area contributed by atoms with Crippen LogP contribution in [0, 0.1) is 19.8 Å². The summed E-state index contributed by atoms with van der Waals surface area (Å²) in [6.45, 7) is 4.95. The monoisotopic (exact) mass is 392 g/mol. The van der Waals surface area contributed by atoms with Crippen LogP contribution < -0.4 is 5.32 Å². The van der Waals surface area contributed by atoms with Crippen molar-refractivity contribution < 1.29 is 14.0 Å². The van der Waals surface area contributed by atoms with Crippen LogP contribution in [-0.2, 0) is 4.79 Å². The molecule has 0 saturated carbocycles. The Labute approximate surface area is 169 Å². The Balaban J connectivity index is 1.35. The molecular weight excluding hydrogens is 368 g/mol. The SMILES string of the molecule is Cc1nc(C(=O)N2CCC(CC(=O)Nc3c(C)ccc4ncccc34)CC2)co1. The number of carbonyl (C=O) groups is 2. The standard InChI is InChI=1S/C22H24N4O3/c1-14-5-6-18-17(4-3-9-23-18)21(14)25-20(27)12-16-7-10-26(11-8-16)22(28)19-13-29-15(2)24-19/h3-6,9,13,16H,7-8,10-12H2,1-2H3,(H,25,27). The Bertz CT molecular complexity index is 1050. The number of rotatable bonds is 4. The van der Waals surface area contributed by atoms with Crippen LogP contribution >= 0.6 is 0 Å². The van der Waals surface area contributed by atoms with Crippen LogP contribution in [0.3, 0.4) is 0 Å². The first kappa shape index (κ1) is 19.1. The molecule has 1 N–H and O–H groups in total. The number of piperidine rings is 1. The van der Waals surface area contributed by atoms with Crippen molar-refractivity contribution >= 4 is 28.4 Å². The first-order valence-corrected chi connectivity index (χ1v) is 9.87. The molecule has 3 aromatic rings. The number of hydrogen-bond acceptors (Lipinski definition) is 5. The van der Waals surface area contributed by atoms with E-state index in [9.17, 15) is 9.59 Å². The number of amides is 2. The fraction of sp³-hybridized carbons (Fsp3) is 0.364. The van der Waals surface area contributed by atoms with Gasteiger partial charge in [0.2, 0.25) is 5.91 Å². The van der Waals surface area contributed by atoms with Crippen molar-refractivity contribution in [2.75, 3.05) is 18.4 Å². The van der Waals surface area contributed by atoms with Crippen LogP contribution in [0.5, 0.6) is 0 Å². The number of benzene rings is 1. The highest BCUT2D eigenvalue weighted by atomic mass is 16.3. The van der Waals surface area contributed by atoms with E-state index in [1.807, 2.05) is 31.2 Å². The lowest BCUT2D eigenvalue weighted by atomic mass is 9.93. The van der Waals surface area contributed by atoms with Gasteiger partial charge in [0, 0.05) is 38.0 Å². The summed E-state index contributed by atoms with van der Waals surface area (Å²) in [7, 11) is 0. The molecule has 0 bridgehead atoms. The van der Waals surface area contributed by atoms with Gasteiger partial charge >= 0.3 is 0 Å². The second kappa shape index (κ2) is 8.03. The van der Waals surface area contributed by atoms with Gasteiger partial charge in [-0.25, -0.2) is 4.98 Å². The van der Waals surface area contributed by atoms with Crippen molar-refractivity contribution in [1.82, 2.24) is 14.9 Å². The second-order valence-corrected chi connectivity index (χ2v) is 7.57. The number of pyridine rings is 1. The molecule has 1 aliphatic rings. The predicted octanol–water partition coefficient (Wildman–Crippen LogP) is 3.72. The van der Waals surface area contributed by atoms with Crippen molar-refractivity contribution in [3.8, 4) is 0 Å². The van der Waals surface area contributed by atoms with E-state index in [1.54, 1.807) is 18.0 Å². The van der Waals surface area contributed by atoms with Gasteiger partial charge in [0.25, 0.3) is 5.91 Å². The first-order valence-electron chi connectivity index (χ1n) is 9.87. The molecule has 0 spiro atoms. The van der Waals surface area contributed by atoms with Crippen LogP contribution in [0.15, 0.2) is 41.1 Å². The summed E-state index contributed by atoms with van der Waals surface area (Å²) >= 11 is 0. The molecule has 1 aliphatic heterocycles. The number of likely N-dealkylation sites (tertiary alicyclic amines) is 1. The van der Waals surface area contributed by atoms with Gasteiger partial charge in [-0.2, -0.15) is 0 Å². The maximum absolute atomic E-state index is 12.7. The lowest BCUT2D eigenvalue weighted by Crippen LogP contribution is -2.39. The van der Waals surface area contributed by atoms with Gasteiger partial charge in [0.05, 0.1) is 11.2 Å². The van der Waals surface area contributed by atoms with Gasteiger partial charge in [-0.3, -0.25) is 14.6 Å². The number of anilines is 1. The molecular formula is C22H24N4O3. The highest BCUT2D eigenvalue weighted by molar-refractivity contribution is 6.02. The van der Waals surface area contributed by atoms with Crippen LogP contribution in [0.4, 0.5) is 5.69 Å². The van der Waals surface area contributed by atoms with E-state index < -0.39 is 0 Å². The zero-order valence-electron chi connectivity index (χ0n) is 16.6. The molecule has 0 radical (unpaired) electrons. The van der Waals surface area contributed by atoms with E-state index in [-0.39, 0.29) is 17.7 Å². The van der Waals surface area contributed by atoms with Crippen LogP contribution in [0.2, 0.25) is 0 Å². The number of fused-ring (bicyclic) bond motifs is 1. The molecule has 7 heteroatoms. The number of hydrogen-bond donors (Lipinski definition) is 1. The summed E-state index contributed by atoms with van der Waals surface area (Å²) in [4.78, 5) is 35.4. The number of aryl methyl sites for hydroxylation is 2. The molecule has 29 heavy (non-hydrogen) atoms.